The molecular weight excluding hydrogens is 207 g/mol. The average molecular weight is 225 g/mol. The maximum atomic E-state index is 12.3. The second-order valence-corrected chi connectivity index (χ2v) is 4.00. The van der Waals surface area contributed by atoms with Crippen LogP contribution in [0.2, 0.25) is 0 Å². The molecule has 0 aromatic rings. The average Bonchev–Trinajstić information content (AvgIpc) is 2.63. The molecule has 90 valence electrons. The van der Waals surface area contributed by atoms with Crippen LogP contribution < -0.4 is 5.32 Å². The van der Waals surface area contributed by atoms with Crippen LogP contribution in [0.3, 0.4) is 0 Å². The first-order valence-corrected chi connectivity index (χ1v) is 5.41. The van der Waals surface area contributed by atoms with Gasteiger partial charge in [0.05, 0.1) is 13.0 Å². The molecule has 0 aromatic carbocycles. The topological polar surface area (TPSA) is 21.3 Å². The van der Waals surface area contributed by atoms with Crippen molar-refractivity contribution in [1.29, 1.82) is 0 Å². The molecule has 15 heavy (non-hydrogen) atoms. The molecule has 2 atom stereocenters. The standard InChI is InChI=1S/C10H18F3NO/c1-2-4-14-9(6-10(11,12)13)8-3-5-15-7-8/h8-9,14H,2-7H2,1H3. The maximum absolute atomic E-state index is 12.3. The largest absolute Gasteiger partial charge is 0.390 e. The molecule has 1 rings (SSSR count). The molecule has 0 saturated carbocycles. The number of hydrogen-bond donors (Lipinski definition) is 1. The lowest BCUT2D eigenvalue weighted by Gasteiger charge is -2.24. The van der Waals surface area contributed by atoms with Crippen LogP contribution in [-0.2, 0) is 4.74 Å². The summed E-state index contributed by atoms with van der Waals surface area (Å²) in [5.74, 6) is 0.0122. The lowest BCUT2D eigenvalue weighted by molar-refractivity contribution is -0.143. The highest BCUT2D eigenvalue weighted by atomic mass is 19.4. The van der Waals surface area contributed by atoms with Gasteiger partial charge in [-0.1, -0.05) is 6.92 Å². The normalized spacial score (nSPS) is 24.4. The van der Waals surface area contributed by atoms with Crippen molar-refractivity contribution in [2.75, 3.05) is 19.8 Å². The van der Waals surface area contributed by atoms with Crippen LogP contribution in [0.15, 0.2) is 0 Å². The predicted octanol–water partition coefficient (Wildman–Crippen LogP) is 2.34. The second kappa shape index (κ2) is 5.70. The second-order valence-electron chi connectivity index (χ2n) is 4.00. The van der Waals surface area contributed by atoms with Gasteiger partial charge in [-0.3, -0.25) is 0 Å². The van der Waals surface area contributed by atoms with Crippen LogP contribution in [0, 0.1) is 5.92 Å². The zero-order valence-electron chi connectivity index (χ0n) is 8.94. The number of ether oxygens (including phenoxy) is 1. The van der Waals surface area contributed by atoms with Gasteiger partial charge >= 0.3 is 6.18 Å². The molecular formula is C10H18F3NO. The van der Waals surface area contributed by atoms with Crippen molar-refractivity contribution < 1.29 is 17.9 Å². The van der Waals surface area contributed by atoms with E-state index in [4.69, 9.17) is 4.74 Å². The molecule has 1 N–H and O–H groups in total. The Hall–Kier alpha value is -0.290. The van der Waals surface area contributed by atoms with E-state index in [0.717, 1.165) is 12.8 Å². The molecule has 0 amide bonds. The van der Waals surface area contributed by atoms with Crippen molar-refractivity contribution in [2.24, 2.45) is 5.92 Å². The summed E-state index contributed by atoms with van der Waals surface area (Å²) in [4.78, 5) is 0. The van der Waals surface area contributed by atoms with Gasteiger partial charge < -0.3 is 10.1 Å². The number of alkyl halides is 3. The third-order valence-electron chi connectivity index (χ3n) is 2.64. The minimum absolute atomic E-state index is 0.0122. The van der Waals surface area contributed by atoms with Gasteiger partial charge in [0.25, 0.3) is 0 Å². The van der Waals surface area contributed by atoms with Gasteiger partial charge in [0, 0.05) is 18.6 Å². The molecule has 1 fully saturated rings. The molecule has 2 unspecified atom stereocenters. The Morgan fingerprint density at radius 1 is 1.47 bits per heavy atom. The summed E-state index contributed by atoms with van der Waals surface area (Å²) in [6, 6.07) is -0.479. The van der Waals surface area contributed by atoms with E-state index in [9.17, 15) is 13.2 Å². The van der Waals surface area contributed by atoms with Crippen molar-refractivity contribution >= 4 is 0 Å². The van der Waals surface area contributed by atoms with Crippen molar-refractivity contribution in [1.82, 2.24) is 5.32 Å². The number of nitrogens with one attached hydrogen (secondary N) is 1. The summed E-state index contributed by atoms with van der Waals surface area (Å²) in [5.41, 5.74) is 0. The van der Waals surface area contributed by atoms with E-state index in [1.54, 1.807) is 0 Å². The van der Waals surface area contributed by atoms with E-state index >= 15 is 0 Å². The van der Waals surface area contributed by atoms with E-state index in [0.29, 0.717) is 19.8 Å². The summed E-state index contributed by atoms with van der Waals surface area (Å²) in [6.07, 6.45) is -3.26. The Morgan fingerprint density at radius 3 is 2.67 bits per heavy atom. The van der Waals surface area contributed by atoms with Crippen LogP contribution in [-0.4, -0.2) is 32.0 Å². The Bertz CT molecular complexity index is 178. The molecule has 1 aliphatic rings. The lowest BCUT2D eigenvalue weighted by Crippen LogP contribution is -2.40. The van der Waals surface area contributed by atoms with Crippen LogP contribution in [0.25, 0.3) is 0 Å². The highest BCUT2D eigenvalue weighted by Crippen LogP contribution is 2.28. The lowest BCUT2D eigenvalue weighted by atomic mass is 9.96. The van der Waals surface area contributed by atoms with E-state index in [1.165, 1.54) is 0 Å². The highest BCUT2D eigenvalue weighted by molar-refractivity contribution is 4.81. The summed E-state index contributed by atoms with van der Waals surface area (Å²) in [7, 11) is 0. The molecule has 1 aliphatic heterocycles. The maximum Gasteiger partial charge on any atom is 0.390 e. The summed E-state index contributed by atoms with van der Waals surface area (Å²) < 4.78 is 42.0. The van der Waals surface area contributed by atoms with Crippen molar-refractivity contribution in [2.45, 2.75) is 38.4 Å². The molecule has 0 bridgehead atoms. The molecule has 0 radical (unpaired) electrons. The molecule has 0 spiro atoms. The fourth-order valence-electron chi connectivity index (χ4n) is 1.85. The van der Waals surface area contributed by atoms with Crippen molar-refractivity contribution in [3.8, 4) is 0 Å². The number of rotatable bonds is 5. The Balaban J connectivity index is 2.44. The number of halogens is 3. The van der Waals surface area contributed by atoms with E-state index < -0.39 is 18.6 Å². The van der Waals surface area contributed by atoms with Gasteiger partial charge in [0.2, 0.25) is 0 Å². The van der Waals surface area contributed by atoms with E-state index in [-0.39, 0.29) is 5.92 Å². The summed E-state index contributed by atoms with van der Waals surface area (Å²) >= 11 is 0. The van der Waals surface area contributed by atoms with E-state index in [1.807, 2.05) is 6.92 Å². The van der Waals surface area contributed by atoms with Crippen LogP contribution in [0.4, 0.5) is 13.2 Å². The molecule has 1 saturated heterocycles. The van der Waals surface area contributed by atoms with E-state index in [2.05, 4.69) is 5.32 Å². The van der Waals surface area contributed by atoms with Gasteiger partial charge in [-0.05, 0) is 19.4 Å². The predicted molar refractivity (Wildman–Crippen MR) is 51.7 cm³/mol. The van der Waals surface area contributed by atoms with Gasteiger partial charge in [-0.15, -0.1) is 0 Å². The van der Waals surface area contributed by atoms with Crippen LogP contribution in [0.1, 0.15) is 26.2 Å². The van der Waals surface area contributed by atoms with Gasteiger partial charge in [-0.25, -0.2) is 0 Å². The molecule has 1 heterocycles. The van der Waals surface area contributed by atoms with Crippen LogP contribution in [0.5, 0.6) is 0 Å². The highest BCUT2D eigenvalue weighted by Gasteiger charge is 2.36. The fourth-order valence-corrected chi connectivity index (χ4v) is 1.85. The Kier molecular flexibility index (Phi) is 4.86. The fraction of sp³-hybridized carbons (Fsp3) is 1.00. The van der Waals surface area contributed by atoms with Gasteiger partial charge in [0.1, 0.15) is 0 Å². The molecule has 0 aromatic heterocycles. The van der Waals surface area contributed by atoms with Crippen molar-refractivity contribution in [3.63, 3.8) is 0 Å². The Labute approximate surface area is 88.2 Å². The monoisotopic (exact) mass is 225 g/mol. The zero-order chi connectivity index (χ0) is 11.3. The van der Waals surface area contributed by atoms with Gasteiger partial charge in [-0.2, -0.15) is 13.2 Å². The first-order valence-electron chi connectivity index (χ1n) is 5.41. The third kappa shape index (κ3) is 4.84. The summed E-state index contributed by atoms with van der Waals surface area (Å²) in [6.45, 7) is 3.63. The zero-order valence-corrected chi connectivity index (χ0v) is 8.94. The quantitative estimate of drug-likeness (QED) is 0.775. The minimum Gasteiger partial charge on any atom is -0.381 e. The smallest absolute Gasteiger partial charge is 0.381 e. The summed E-state index contributed by atoms with van der Waals surface area (Å²) in [5, 5.41) is 2.97. The first kappa shape index (κ1) is 12.8. The minimum atomic E-state index is -4.09. The molecule has 5 heteroatoms. The SMILES string of the molecule is CCCNC(CC(F)(F)F)C1CCOC1. The first-order chi connectivity index (χ1) is 7.03. The Morgan fingerprint density at radius 2 is 2.20 bits per heavy atom. The molecule has 2 nitrogen and oxygen atoms in total. The number of hydrogen-bond acceptors (Lipinski definition) is 2. The van der Waals surface area contributed by atoms with Gasteiger partial charge in [0.15, 0.2) is 0 Å². The third-order valence-corrected chi connectivity index (χ3v) is 2.64. The molecule has 0 aliphatic carbocycles. The van der Waals surface area contributed by atoms with Crippen molar-refractivity contribution in [3.05, 3.63) is 0 Å². The van der Waals surface area contributed by atoms with Crippen LogP contribution >= 0.6 is 0 Å².